The third-order valence-corrected chi connectivity index (χ3v) is 4.49. The summed E-state index contributed by atoms with van der Waals surface area (Å²) in [6.07, 6.45) is 2.72. The normalized spacial score (nSPS) is 10.9. The summed E-state index contributed by atoms with van der Waals surface area (Å²) in [5.41, 5.74) is 1.68. The number of aryl methyl sites for hydroxylation is 1. The molecule has 0 spiro atoms. The second kappa shape index (κ2) is 8.62. The summed E-state index contributed by atoms with van der Waals surface area (Å²) in [5.74, 6) is -0.691. The maximum Gasteiger partial charge on any atom is 0.337 e. The predicted octanol–water partition coefficient (Wildman–Crippen LogP) is 5.17. The number of halogens is 1. The molecule has 3 rings (SSSR count). The highest BCUT2D eigenvalue weighted by molar-refractivity contribution is 6.33. The average Bonchev–Trinajstić information content (AvgIpc) is 3.14. The third kappa shape index (κ3) is 4.73. The zero-order valence-corrected chi connectivity index (χ0v) is 16.3. The van der Waals surface area contributed by atoms with Crippen molar-refractivity contribution < 1.29 is 24.0 Å². The fourth-order valence-corrected chi connectivity index (χ4v) is 2.99. The number of aromatic carboxylic acids is 1. The molecule has 0 saturated heterocycles. The first kappa shape index (κ1) is 20.8. The highest BCUT2D eigenvalue weighted by atomic mass is 35.5. The number of hydrogen-bond donors (Lipinski definition) is 2. The fraction of sp³-hybridized carbons (Fsp3) is 0.0476. The fourth-order valence-electron chi connectivity index (χ4n) is 2.73. The van der Waals surface area contributed by atoms with Crippen LogP contribution in [0.5, 0.6) is 0 Å². The molecule has 0 aliphatic rings. The van der Waals surface area contributed by atoms with Gasteiger partial charge in [-0.15, -0.1) is 0 Å². The molecule has 0 fully saturated rings. The Bertz CT molecular complexity index is 1180. The van der Waals surface area contributed by atoms with Crippen LogP contribution in [0.25, 0.3) is 17.4 Å². The topological polar surface area (TPSA) is 123 Å². The number of carboxylic acids is 1. The molecular formula is C21H15ClN2O6. The Morgan fingerprint density at radius 1 is 1.17 bits per heavy atom. The number of nitrogens with zero attached hydrogens (tertiary/aromatic N) is 1. The molecule has 0 aliphatic carbocycles. The van der Waals surface area contributed by atoms with Gasteiger partial charge in [-0.2, -0.15) is 0 Å². The Kier molecular flexibility index (Phi) is 5.98. The lowest BCUT2D eigenvalue weighted by Crippen LogP contribution is -2.08. The van der Waals surface area contributed by atoms with E-state index in [0.717, 1.165) is 0 Å². The van der Waals surface area contributed by atoms with Crippen LogP contribution in [-0.2, 0) is 4.79 Å². The molecule has 1 heterocycles. The van der Waals surface area contributed by atoms with E-state index in [1.807, 2.05) is 0 Å². The number of carbonyl (C=O) groups is 2. The zero-order chi connectivity index (χ0) is 21.8. The van der Waals surface area contributed by atoms with Gasteiger partial charge in [0.05, 0.1) is 15.5 Å². The van der Waals surface area contributed by atoms with Crippen molar-refractivity contribution in [2.75, 3.05) is 5.32 Å². The molecule has 0 bridgehead atoms. The summed E-state index contributed by atoms with van der Waals surface area (Å²) in [6, 6.07) is 11.9. The molecule has 0 unspecified atom stereocenters. The third-order valence-electron chi connectivity index (χ3n) is 4.18. The monoisotopic (exact) mass is 426 g/mol. The van der Waals surface area contributed by atoms with Crippen LogP contribution >= 0.6 is 11.6 Å². The summed E-state index contributed by atoms with van der Waals surface area (Å²) < 4.78 is 5.69. The summed E-state index contributed by atoms with van der Waals surface area (Å²) in [5, 5.41) is 22.4. The molecular weight excluding hydrogens is 412 g/mol. The summed E-state index contributed by atoms with van der Waals surface area (Å²) in [6.45, 7) is 1.74. The van der Waals surface area contributed by atoms with E-state index in [0.29, 0.717) is 28.3 Å². The van der Waals surface area contributed by atoms with Gasteiger partial charge in [-0.25, -0.2) is 4.79 Å². The number of anilines is 1. The maximum absolute atomic E-state index is 12.1. The van der Waals surface area contributed by atoms with Gasteiger partial charge in [0.15, 0.2) is 0 Å². The molecule has 152 valence electrons. The molecule has 0 aliphatic heterocycles. The lowest BCUT2D eigenvalue weighted by Gasteiger charge is -2.04. The number of furan rings is 1. The van der Waals surface area contributed by atoms with Crippen LogP contribution in [0, 0.1) is 17.0 Å². The van der Waals surface area contributed by atoms with E-state index in [1.165, 1.54) is 42.5 Å². The second-order valence-corrected chi connectivity index (χ2v) is 6.69. The van der Waals surface area contributed by atoms with Crippen molar-refractivity contribution in [3.05, 3.63) is 86.6 Å². The summed E-state index contributed by atoms with van der Waals surface area (Å²) in [4.78, 5) is 33.4. The smallest absolute Gasteiger partial charge is 0.337 e. The Morgan fingerprint density at radius 3 is 2.57 bits per heavy atom. The number of hydrogen-bond acceptors (Lipinski definition) is 5. The van der Waals surface area contributed by atoms with Gasteiger partial charge in [-0.05, 0) is 55.0 Å². The van der Waals surface area contributed by atoms with Gasteiger partial charge in [0.1, 0.15) is 11.5 Å². The van der Waals surface area contributed by atoms with Gasteiger partial charge in [0.2, 0.25) is 5.91 Å². The molecule has 3 aromatic rings. The van der Waals surface area contributed by atoms with E-state index >= 15 is 0 Å². The number of carbonyl (C=O) groups excluding carboxylic acids is 1. The highest BCUT2D eigenvalue weighted by Crippen LogP contribution is 2.29. The van der Waals surface area contributed by atoms with Gasteiger partial charge in [0, 0.05) is 29.5 Å². The van der Waals surface area contributed by atoms with Gasteiger partial charge in [-0.3, -0.25) is 14.9 Å². The average molecular weight is 427 g/mol. The number of nitrogens with one attached hydrogen (secondary N) is 1. The zero-order valence-electron chi connectivity index (χ0n) is 15.6. The van der Waals surface area contributed by atoms with Crippen molar-refractivity contribution in [3.63, 3.8) is 0 Å². The molecule has 8 nitrogen and oxygen atoms in total. The molecule has 0 saturated carbocycles. The Balaban J connectivity index is 1.70. The first-order valence-corrected chi connectivity index (χ1v) is 8.99. The number of nitro benzene ring substituents is 1. The van der Waals surface area contributed by atoms with Crippen LogP contribution in [0.3, 0.4) is 0 Å². The maximum atomic E-state index is 12.1. The van der Waals surface area contributed by atoms with Gasteiger partial charge >= 0.3 is 5.97 Å². The van der Waals surface area contributed by atoms with Crippen LogP contribution in [-0.4, -0.2) is 21.9 Å². The van der Waals surface area contributed by atoms with E-state index < -0.39 is 16.8 Å². The van der Waals surface area contributed by atoms with E-state index in [4.69, 9.17) is 21.1 Å². The minimum absolute atomic E-state index is 0.00362. The SMILES string of the molecule is Cc1cc([N+](=O)[O-])ccc1-c1ccc(/C=C/C(=O)Nc2ccc(C(=O)O)c(Cl)c2)o1. The molecule has 1 amide bonds. The van der Waals surface area contributed by atoms with Crippen LogP contribution in [0.4, 0.5) is 11.4 Å². The van der Waals surface area contributed by atoms with Gasteiger partial charge in [-0.1, -0.05) is 11.6 Å². The standard InChI is InChI=1S/C21H15ClN2O6/c1-12-10-14(24(28)29)3-7-16(12)19-8-4-15(30-19)5-9-20(25)23-13-2-6-17(21(26)27)18(22)11-13/h2-11H,1H3,(H,23,25)(H,26,27)/b9-5+. The minimum Gasteiger partial charge on any atom is -0.478 e. The molecule has 1 aromatic heterocycles. The van der Waals surface area contributed by atoms with E-state index in [1.54, 1.807) is 25.1 Å². The predicted molar refractivity (Wildman–Crippen MR) is 112 cm³/mol. The van der Waals surface area contributed by atoms with Crippen molar-refractivity contribution in [2.45, 2.75) is 6.92 Å². The Labute approximate surface area is 175 Å². The number of rotatable bonds is 6. The molecule has 0 atom stereocenters. The minimum atomic E-state index is -1.16. The first-order chi connectivity index (χ1) is 14.2. The first-order valence-electron chi connectivity index (χ1n) is 8.62. The van der Waals surface area contributed by atoms with Crippen molar-refractivity contribution >= 4 is 40.9 Å². The van der Waals surface area contributed by atoms with Crippen molar-refractivity contribution in [1.82, 2.24) is 0 Å². The quantitative estimate of drug-likeness (QED) is 0.318. The Morgan fingerprint density at radius 2 is 1.93 bits per heavy atom. The summed E-state index contributed by atoms with van der Waals surface area (Å²) in [7, 11) is 0. The van der Waals surface area contributed by atoms with Gasteiger partial charge < -0.3 is 14.8 Å². The number of benzene rings is 2. The molecule has 2 N–H and O–H groups in total. The molecule has 30 heavy (non-hydrogen) atoms. The highest BCUT2D eigenvalue weighted by Gasteiger charge is 2.12. The number of nitro groups is 1. The van der Waals surface area contributed by atoms with Crippen LogP contribution in [0.1, 0.15) is 21.7 Å². The number of carboxylic acid groups (broad SMARTS) is 1. The molecule has 0 radical (unpaired) electrons. The van der Waals surface area contributed by atoms with E-state index in [-0.39, 0.29) is 16.3 Å². The lowest BCUT2D eigenvalue weighted by molar-refractivity contribution is -0.384. The van der Waals surface area contributed by atoms with Crippen LogP contribution in [0.2, 0.25) is 5.02 Å². The largest absolute Gasteiger partial charge is 0.478 e. The molecule has 2 aromatic carbocycles. The van der Waals surface area contributed by atoms with Gasteiger partial charge in [0.25, 0.3) is 5.69 Å². The second-order valence-electron chi connectivity index (χ2n) is 6.28. The van der Waals surface area contributed by atoms with Crippen molar-refractivity contribution in [3.8, 4) is 11.3 Å². The van der Waals surface area contributed by atoms with Crippen molar-refractivity contribution in [1.29, 1.82) is 0 Å². The summed E-state index contributed by atoms with van der Waals surface area (Å²) >= 11 is 5.88. The Hall–Kier alpha value is -3.91. The number of non-ortho nitro benzene ring substituents is 1. The van der Waals surface area contributed by atoms with Crippen LogP contribution in [0.15, 0.2) is 59.0 Å². The van der Waals surface area contributed by atoms with E-state index in [9.17, 15) is 19.7 Å². The number of amides is 1. The lowest BCUT2D eigenvalue weighted by atomic mass is 10.1. The molecule has 9 heteroatoms. The van der Waals surface area contributed by atoms with Crippen LogP contribution < -0.4 is 5.32 Å². The van der Waals surface area contributed by atoms with Crippen molar-refractivity contribution in [2.24, 2.45) is 0 Å². The van der Waals surface area contributed by atoms with E-state index in [2.05, 4.69) is 5.32 Å².